The summed E-state index contributed by atoms with van der Waals surface area (Å²) >= 11 is 0. The summed E-state index contributed by atoms with van der Waals surface area (Å²) in [7, 11) is 0. The van der Waals surface area contributed by atoms with Crippen LogP contribution in [0.5, 0.6) is 0 Å². The van der Waals surface area contributed by atoms with E-state index < -0.39 is 0 Å². The van der Waals surface area contributed by atoms with Crippen molar-refractivity contribution < 1.29 is 0 Å². The molecule has 1 heterocycles. The minimum Gasteiger partial charge on any atom is -0.264 e. The van der Waals surface area contributed by atoms with Crippen molar-refractivity contribution in [3.63, 3.8) is 0 Å². The summed E-state index contributed by atoms with van der Waals surface area (Å²) in [5.41, 5.74) is 2.81. The Morgan fingerprint density at radius 1 is 0.929 bits per heavy atom. The van der Waals surface area contributed by atoms with E-state index in [9.17, 15) is 0 Å². The highest BCUT2D eigenvalue weighted by atomic mass is 14.6. The van der Waals surface area contributed by atoms with E-state index in [-0.39, 0.29) is 0 Å². The summed E-state index contributed by atoms with van der Waals surface area (Å²) in [6, 6.07) is 6.58. The lowest BCUT2D eigenvalue weighted by atomic mass is 9.99. The lowest BCUT2D eigenvalue weighted by Gasteiger charge is -2.07. The normalized spacial score (nSPS) is 10.7. The van der Waals surface area contributed by atoms with Crippen molar-refractivity contribution in [2.24, 2.45) is 0 Å². The predicted octanol–water partition coefficient (Wildman–Crippen LogP) is 3.36. The topological polar surface area (TPSA) is 12.9 Å². The fourth-order valence-electron chi connectivity index (χ4n) is 1.93. The van der Waals surface area contributed by atoms with E-state index in [1.54, 1.807) is 0 Å². The van der Waals surface area contributed by atoms with Gasteiger partial charge in [0.2, 0.25) is 0 Å². The van der Waals surface area contributed by atoms with Crippen LogP contribution in [0.25, 0.3) is 10.8 Å². The van der Waals surface area contributed by atoms with Crippen molar-refractivity contribution in [3.8, 4) is 0 Å². The van der Waals surface area contributed by atoms with Gasteiger partial charge in [-0.25, -0.2) is 0 Å². The van der Waals surface area contributed by atoms with Crippen molar-refractivity contribution in [1.29, 1.82) is 0 Å². The minimum atomic E-state index is 1.08. The largest absolute Gasteiger partial charge is 0.264 e. The van der Waals surface area contributed by atoms with Gasteiger partial charge in [0, 0.05) is 17.8 Å². The summed E-state index contributed by atoms with van der Waals surface area (Å²) in [6.07, 6.45) is 6.02. The molecule has 0 aliphatic rings. The van der Waals surface area contributed by atoms with Crippen LogP contribution in [0.1, 0.15) is 25.0 Å². The molecule has 0 radical (unpaired) electrons. The quantitative estimate of drug-likeness (QED) is 0.699. The smallest absolute Gasteiger partial charge is 0.0349 e. The molecule has 14 heavy (non-hydrogen) atoms. The van der Waals surface area contributed by atoms with Gasteiger partial charge in [-0.3, -0.25) is 4.98 Å². The molecule has 0 saturated carbocycles. The molecule has 1 aromatic heterocycles. The number of hydrogen-bond acceptors (Lipinski definition) is 1. The zero-order chi connectivity index (χ0) is 9.97. The standard InChI is InChI=1S/C13H15N/c1-3-10-5-6-11(4-2)13-9-14-8-7-12(10)13/h5-9H,3-4H2,1-2H3. The maximum atomic E-state index is 4.20. The van der Waals surface area contributed by atoms with Crippen LogP contribution in [-0.4, -0.2) is 4.98 Å². The number of nitrogens with zero attached hydrogens (tertiary/aromatic N) is 1. The summed E-state index contributed by atoms with van der Waals surface area (Å²) in [5.74, 6) is 0. The Labute approximate surface area is 84.8 Å². The van der Waals surface area contributed by atoms with Crippen LogP contribution >= 0.6 is 0 Å². The van der Waals surface area contributed by atoms with Gasteiger partial charge >= 0.3 is 0 Å². The molecule has 2 rings (SSSR count). The Kier molecular flexibility index (Phi) is 2.49. The first kappa shape index (κ1) is 9.20. The van der Waals surface area contributed by atoms with E-state index in [0.717, 1.165) is 12.8 Å². The van der Waals surface area contributed by atoms with E-state index in [2.05, 4.69) is 37.0 Å². The average molecular weight is 185 g/mol. The number of aromatic nitrogens is 1. The van der Waals surface area contributed by atoms with Gasteiger partial charge in [0.1, 0.15) is 0 Å². The van der Waals surface area contributed by atoms with Crippen LogP contribution in [0.3, 0.4) is 0 Å². The number of pyridine rings is 1. The van der Waals surface area contributed by atoms with Gasteiger partial charge < -0.3 is 0 Å². The third-order valence-electron chi connectivity index (χ3n) is 2.76. The Bertz CT molecular complexity index is 403. The number of benzene rings is 1. The summed E-state index contributed by atoms with van der Waals surface area (Å²) in [5, 5.41) is 2.68. The lowest BCUT2D eigenvalue weighted by Crippen LogP contribution is -1.89. The zero-order valence-electron chi connectivity index (χ0n) is 8.75. The van der Waals surface area contributed by atoms with Crippen molar-refractivity contribution in [3.05, 3.63) is 41.7 Å². The van der Waals surface area contributed by atoms with Gasteiger partial charge in [0.25, 0.3) is 0 Å². The second kappa shape index (κ2) is 3.79. The predicted molar refractivity (Wildman–Crippen MR) is 60.5 cm³/mol. The average Bonchev–Trinajstić information content (AvgIpc) is 2.27. The molecule has 0 spiro atoms. The van der Waals surface area contributed by atoms with E-state index in [0.29, 0.717) is 0 Å². The number of hydrogen-bond donors (Lipinski definition) is 0. The molecule has 1 aromatic carbocycles. The maximum absolute atomic E-state index is 4.20. The summed E-state index contributed by atoms with van der Waals surface area (Å²) < 4.78 is 0. The molecule has 0 saturated heterocycles. The molecule has 1 nitrogen and oxygen atoms in total. The first-order chi connectivity index (χ1) is 6.86. The van der Waals surface area contributed by atoms with E-state index in [1.807, 2.05) is 12.4 Å². The SMILES string of the molecule is CCc1ccc(CC)c2cnccc12. The highest BCUT2D eigenvalue weighted by Crippen LogP contribution is 2.22. The van der Waals surface area contributed by atoms with Gasteiger partial charge in [0.15, 0.2) is 0 Å². The van der Waals surface area contributed by atoms with Gasteiger partial charge in [0.05, 0.1) is 0 Å². The van der Waals surface area contributed by atoms with Crippen LogP contribution in [-0.2, 0) is 12.8 Å². The summed E-state index contributed by atoms with van der Waals surface area (Å²) in [4.78, 5) is 4.20. The highest BCUT2D eigenvalue weighted by molar-refractivity contribution is 5.87. The van der Waals surface area contributed by atoms with E-state index in [1.165, 1.54) is 21.9 Å². The monoisotopic (exact) mass is 185 g/mol. The minimum absolute atomic E-state index is 1.08. The Hall–Kier alpha value is -1.37. The van der Waals surface area contributed by atoms with Crippen LogP contribution in [0, 0.1) is 0 Å². The molecule has 0 atom stereocenters. The van der Waals surface area contributed by atoms with Gasteiger partial charge in [-0.15, -0.1) is 0 Å². The second-order valence-electron chi connectivity index (χ2n) is 3.51. The van der Waals surface area contributed by atoms with Crippen LogP contribution < -0.4 is 0 Å². The first-order valence-electron chi connectivity index (χ1n) is 5.21. The van der Waals surface area contributed by atoms with Gasteiger partial charge in [-0.1, -0.05) is 26.0 Å². The van der Waals surface area contributed by atoms with Crippen molar-refractivity contribution in [2.45, 2.75) is 26.7 Å². The molecular formula is C13H15N. The second-order valence-corrected chi connectivity index (χ2v) is 3.51. The van der Waals surface area contributed by atoms with Crippen molar-refractivity contribution >= 4 is 10.8 Å². The van der Waals surface area contributed by atoms with Crippen LogP contribution in [0.15, 0.2) is 30.6 Å². The highest BCUT2D eigenvalue weighted by Gasteiger charge is 2.02. The Balaban J connectivity index is 2.78. The molecule has 0 amide bonds. The molecule has 0 N–H and O–H groups in total. The molecule has 0 fully saturated rings. The third kappa shape index (κ3) is 1.39. The molecular weight excluding hydrogens is 170 g/mol. The molecule has 2 aromatic rings. The van der Waals surface area contributed by atoms with E-state index >= 15 is 0 Å². The fraction of sp³-hybridized carbons (Fsp3) is 0.308. The Morgan fingerprint density at radius 2 is 1.57 bits per heavy atom. The molecule has 0 bridgehead atoms. The van der Waals surface area contributed by atoms with Gasteiger partial charge in [-0.2, -0.15) is 0 Å². The molecule has 72 valence electrons. The maximum Gasteiger partial charge on any atom is 0.0349 e. The van der Waals surface area contributed by atoms with Crippen LogP contribution in [0.2, 0.25) is 0 Å². The number of aryl methyl sites for hydroxylation is 2. The number of rotatable bonds is 2. The van der Waals surface area contributed by atoms with E-state index in [4.69, 9.17) is 0 Å². The molecule has 0 unspecified atom stereocenters. The third-order valence-corrected chi connectivity index (χ3v) is 2.76. The molecule has 0 aliphatic carbocycles. The van der Waals surface area contributed by atoms with Crippen LogP contribution in [0.4, 0.5) is 0 Å². The number of fused-ring (bicyclic) bond motifs is 1. The molecule has 0 aliphatic heterocycles. The van der Waals surface area contributed by atoms with Crippen molar-refractivity contribution in [2.75, 3.05) is 0 Å². The zero-order valence-corrected chi connectivity index (χ0v) is 8.75. The lowest BCUT2D eigenvalue weighted by molar-refractivity contribution is 1.12. The Morgan fingerprint density at radius 3 is 2.21 bits per heavy atom. The summed E-state index contributed by atoms with van der Waals surface area (Å²) in [6.45, 7) is 4.38. The fourth-order valence-corrected chi connectivity index (χ4v) is 1.93. The van der Waals surface area contributed by atoms with Crippen molar-refractivity contribution in [1.82, 2.24) is 4.98 Å². The van der Waals surface area contributed by atoms with Gasteiger partial charge in [-0.05, 0) is 35.4 Å². The first-order valence-corrected chi connectivity index (χ1v) is 5.21. The molecule has 1 heteroatoms.